The topological polar surface area (TPSA) is 28.0 Å². The Hall–Kier alpha value is -0.860. The van der Waals surface area contributed by atoms with Crippen molar-refractivity contribution in [2.45, 2.75) is 20.8 Å². The lowest BCUT2D eigenvalue weighted by molar-refractivity contribution is 0.437. The van der Waals surface area contributed by atoms with Crippen molar-refractivity contribution in [2.24, 2.45) is 10.1 Å². The SMILES string of the molecule is C=N/C(C)=N\N(C)C.CC. The van der Waals surface area contributed by atoms with E-state index in [0.717, 1.165) is 0 Å². The molecule has 60 valence electrons. The van der Waals surface area contributed by atoms with Crippen LogP contribution in [0.2, 0.25) is 0 Å². The molecule has 0 aliphatic heterocycles. The molecule has 0 bridgehead atoms. The standard InChI is InChI=1S/C5H11N3.C2H6/c1-5(6-2)7-8(3)4;1-2/h2H2,1,3-4H3;1-2H3/b7-5-;. The van der Waals surface area contributed by atoms with E-state index in [2.05, 4.69) is 16.8 Å². The summed E-state index contributed by atoms with van der Waals surface area (Å²) in [6.45, 7) is 9.10. The van der Waals surface area contributed by atoms with Gasteiger partial charge in [0, 0.05) is 14.1 Å². The maximum atomic E-state index is 3.92. The molecule has 0 N–H and O–H groups in total. The van der Waals surface area contributed by atoms with Gasteiger partial charge in [-0.05, 0) is 13.6 Å². The number of nitrogens with zero attached hydrogens (tertiary/aromatic N) is 3. The minimum Gasteiger partial charge on any atom is -0.301 e. The Morgan fingerprint density at radius 3 is 1.80 bits per heavy atom. The van der Waals surface area contributed by atoms with E-state index in [0.29, 0.717) is 5.84 Å². The second-order valence-corrected chi connectivity index (χ2v) is 1.65. The Balaban J connectivity index is 0. The molecule has 0 rings (SSSR count). The smallest absolute Gasteiger partial charge is 0.144 e. The highest BCUT2D eigenvalue weighted by atomic mass is 15.4. The van der Waals surface area contributed by atoms with Crippen molar-refractivity contribution in [2.75, 3.05) is 14.1 Å². The van der Waals surface area contributed by atoms with Gasteiger partial charge < -0.3 is 5.01 Å². The first-order chi connectivity index (χ1) is 4.66. The summed E-state index contributed by atoms with van der Waals surface area (Å²) in [7, 11) is 3.68. The summed E-state index contributed by atoms with van der Waals surface area (Å²) < 4.78 is 0. The van der Waals surface area contributed by atoms with Crippen LogP contribution in [0.25, 0.3) is 0 Å². The van der Waals surface area contributed by atoms with E-state index in [4.69, 9.17) is 0 Å². The van der Waals surface area contributed by atoms with Crippen molar-refractivity contribution in [3.05, 3.63) is 0 Å². The minimum atomic E-state index is 0.690. The van der Waals surface area contributed by atoms with Crippen LogP contribution in [0.4, 0.5) is 0 Å². The quantitative estimate of drug-likeness (QED) is 0.311. The van der Waals surface area contributed by atoms with Gasteiger partial charge in [-0.1, -0.05) is 13.8 Å². The highest BCUT2D eigenvalue weighted by Gasteiger charge is 1.80. The van der Waals surface area contributed by atoms with Crippen LogP contribution in [0.5, 0.6) is 0 Å². The van der Waals surface area contributed by atoms with Gasteiger partial charge in [0.2, 0.25) is 0 Å². The summed E-state index contributed by atoms with van der Waals surface area (Å²) in [5, 5.41) is 5.60. The molecule has 0 saturated carbocycles. The lowest BCUT2D eigenvalue weighted by atomic mass is 10.7. The summed E-state index contributed by atoms with van der Waals surface area (Å²) in [6.07, 6.45) is 0. The number of aliphatic imine (C=N–C) groups is 1. The lowest BCUT2D eigenvalue weighted by Gasteiger charge is -2.02. The maximum Gasteiger partial charge on any atom is 0.144 e. The molecule has 0 amide bonds. The first kappa shape index (κ1) is 11.9. The van der Waals surface area contributed by atoms with Crippen LogP contribution < -0.4 is 0 Å². The van der Waals surface area contributed by atoms with Crippen molar-refractivity contribution in [3.63, 3.8) is 0 Å². The van der Waals surface area contributed by atoms with Crippen molar-refractivity contribution < 1.29 is 0 Å². The predicted molar refractivity (Wildman–Crippen MR) is 47.7 cm³/mol. The monoisotopic (exact) mass is 143 g/mol. The number of hydrazone groups is 1. The van der Waals surface area contributed by atoms with Crippen LogP contribution in [0.15, 0.2) is 10.1 Å². The molecule has 3 nitrogen and oxygen atoms in total. The zero-order valence-corrected chi connectivity index (χ0v) is 7.55. The molecule has 0 radical (unpaired) electrons. The van der Waals surface area contributed by atoms with Gasteiger partial charge in [0.15, 0.2) is 0 Å². The van der Waals surface area contributed by atoms with Gasteiger partial charge in [0.25, 0.3) is 0 Å². The van der Waals surface area contributed by atoms with Gasteiger partial charge in [-0.15, -0.1) is 0 Å². The average molecular weight is 143 g/mol. The molecular formula is C7H17N3. The van der Waals surface area contributed by atoms with Crippen LogP contribution in [0, 0.1) is 0 Å². The number of rotatable bonds is 1. The number of hydrogen-bond acceptors (Lipinski definition) is 2. The second kappa shape index (κ2) is 8.14. The van der Waals surface area contributed by atoms with Crippen LogP contribution in [0.3, 0.4) is 0 Å². The van der Waals surface area contributed by atoms with Gasteiger partial charge in [0.1, 0.15) is 5.84 Å². The highest BCUT2D eigenvalue weighted by molar-refractivity contribution is 5.83. The second-order valence-electron chi connectivity index (χ2n) is 1.65. The molecule has 0 fully saturated rings. The maximum absolute atomic E-state index is 3.92. The molecule has 0 aliphatic rings. The molecular weight excluding hydrogens is 126 g/mol. The molecule has 0 unspecified atom stereocenters. The van der Waals surface area contributed by atoms with Gasteiger partial charge in [0.05, 0.1) is 0 Å². The first-order valence-electron chi connectivity index (χ1n) is 3.36. The molecule has 0 aromatic rings. The van der Waals surface area contributed by atoms with E-state index in [1.165, 1.54) is 0 Å². The summed E-state index contributed by atoms with van der Waals surface area (Å²) in [5.41, 5.74) is 0. The fraction of sp³-hybridized carbons (Fsp3) is 0.714. The Bertz CT molecular complexity index is 105. The first-order valence-corrected chi connectivity index (χ1v) is 3.36. The third-order valence-corrected chi connectivity index (χ3v) is 0.574. The summed E-state index contributed by atoms with van der Waals surface area (Å²) in [4.78, 5) is 3.59. The zero-order chi connectivity index (χ0) is 8.57. The van der Waals surface area contributed by atoms with Gasteiger partial charge >= 0.3 is 0 Å². The lowest BCUT2D eigenvalue weighted by Crippen LogP contribution is -2.04. The fourth-order valence-electron chi connectivity index (χ4n) is 0.321. The largest absolute Gasteiger partial charge is 0.301 e. The summed E-state index contributed by atoms with van der Waals surface area (Å²) in [5.74, 6) is 0.690. The van der Waals surface area contributed by atoms with E-state index in [1.54, 1.807) is 11.9 Å². The third kappa shape index (κ3) is 10.2. The number of hydrogen-bond donors (Lipinski definition) is 0. The molecule has 10 heavy (non-hydrogen) atoms. The molecule has 0 heterocycles. The van der Waals surface area contributed by atoms with Crippen LogP contribution in [-0.4, -0.2) is 31.7 Å². The Kier molecular flexibility index (Phi) is 9.67. The van der Waals surface area contributed by atoms with Crippen molar-refractivity contribution in [1.82, 2.24) is 5.01 Å². The van der Waals surface area contributed by atoms with E-state index >= 15 is 0 Å². The normalized spacial score (nSPS) is 9.50. The van der Waals surface area contributed by atoms with Crippen LogP contribution in [0.1, 0.15) is 20.8 Å². The van der Waals surface area contributed by atoms with Gasteiger partial charge in [-0.2, -0.15) is 5.10 Å². The number of amidine groups is 1. The van der Waals surface area contributed by atoms with Gasteiger partial charge in [-0.3, -0.25) is 0 Å². The van der Waals surface area contributed by atoms with Crippen LogP contribution in [-0.2, 0) is 0 Å². The Labute approximate surface area is 63.5 Å². The Morgan fingerprint density at radius 2 is 1.70 bits per heavy atom. The van der Waals surface area contributed by atoms with E-state index in [9.17, 15) is 0 Å². The van der Waals surface area contributed by atoms with E-state index in [1.807, 2.05) is 27.9 Å². The minimum absolute atomic E-state index is 0.690. The van der Waals surface area contributed by atoms with Crippen molar-refractivity contribution >= 4 is 12.6 Å². The molecule has 0 aliphatic carbocycles. The summed E-state index contributed by atoms with van der Waals surface area (Å²) >= 11 is 0. The van der Waals surface area contributed by atoms with Gasteiger partial charge in [-0.25, -0.2) is 4.99 Å². The molecule has 0 spiro atoms. The molecule has 0 atom stereocenters. The average Bonchev–Trinajstić information content (AvgIpc) is 1.91. The Morgan fingerprint density at radius 1 is 1.30 bits per heavy atom. The zero-order valence-electron chi connectivity index (χ0n) is 7.55. The fourth-order valence-corrected chi connectivity index (χ4v) is 0.321. The molecule has 3 heteroatoms. The van der Waals surface area contributed by atoms with E-state index < -0.39 is 0 Å². The highest BCUT2D eigenvalue weighted by Crippen LogP contribution is 1.79. The third-order valence-electron chi connectivity index (χ3n) is 0.574. The van der Waals surface area contributed by atoms with E-state index in [-0.39, 0.29) is 0 Å². The van der Waals surface area contributed by atoms with Crippen LogP contribution >= 0.6 is 0 Å². The molecule has 0 aromatic heterocycles. The van der Waals surface area contributed by atoms with Crippen molar-refractivity contribution in [1.29, 1.82) is 0 Å². The van der Waals surface area contributed by atoms with Crippen molar-refractivity contribution in [3.8, 4) is 0 Å². The molecule has 0 aromatic carbocycles. The summed E-state index contributed by atoms with van der Waals surface area (Å²) in [6, 6.07) is 0. The molecule has 0 saturated heterocycles. The predicted octanol–water partition coefficient (Wildman–Crippen LogP) is 1.61.